The Morgan fingerprint density at radius 1 is 1.00 bits per heavy atom. The van der Waals surface area contributed by atoms with Crippen LogP contribution in [0.15, 0.2) is 60.9 Å². The van der Waals surface area contributed by atoms with E-state index in [0.717, 1.165) is 29.8 Å². The van der Waals surface area contributed by atoms with E-state index in [-0.39, 0.29) is 5.91 Å². The van der Waals surface area contributed by atoms with E-state index in [2.05, 4.69) is 44.6 Å². The van der Waals surface area contributed by atoms with Gasteiger partial charge in [-0.1, -0.05) is 35.9 Å². The summed E-state index contributed by atoms with van der Waals surface area (Å²) in [4.78, 5) is 23.8. The number of carbonyl (C=O) groups excluding carboxylic acids is 1. The minimum Gasteiger partial charge on any atom is -0.352 e. The molecular formula is C25H29N5O. The molecule has 3 aromatic rings. The van der Waals surface area contributed by atoms with Crippen molar-refractivity contribution in [1.29, 1.82) is 0 Å². The Morgan fingerprint density at radius 2 is 1.77 bits per heavy atom. The predicted molar refractivity (Wildman–Crippen MR) is 125 cm³/mol. The highest BCUT2D eigenvalue weighted by atomic mass is 16.1. The largest absolute Gasteiger partial charge is 0.352 e. The number of hydrogen-bond donors (Lipinski definition) is 2. The maximum atomic E-state index is 12.5. The molecule has 2 aromatic carbocycles. The molecule has 6 heteroatoms. The topological polar surface area (TPSA) is 70.2 Å². The molecule has 2 N–H and O–H groups in total. The summed E-state index contributed by atoms with van der Waals surface area (Å²) in [5.41, 5.74) is 4.67. The average molecular weight is 416 g/mol. The van der Waals surface area contributed by atoms with Crippen molar-refractivity contribution in [3.63, 3.8) is 0 Å². The van der Waals surface area contributed by atoms with Gasteiger partial charge >= 0.3 is 0 Å². The molecule has 0 aliphatic carbocycles. The zero-order valence-electron chi connectivity index (χ0n) is 18.0. The second-order valence-corrected chi connectivity index (χ2v) is 8.03. The SMILES string of the molecule is Cc1cccc(-c2cnc(Nc3cccc(C(=O)NCCCN4CCCC4)c3)nc2)c1. The van der Waals surface area contributed by atoms with E-state index in [1.165, 1.54) is 31.5 Å². The number of amides is 1. The monoisotopic (exact) mass is 415 g/mol. The smallest absolute Gasteiger partial charge is 0.251 e. The van der Waals surface area contributed by atoms with Crippen LogP contribution in [-0.4, -0.2) is 47.0 Å². The van der Waals surface area contributed by atoms with Crippen molar-refractivity contribution in [2.45, 2.75) is 26.2 Å². The average Bonchev–Trinajstić information content (AvgIpc) is 3.31. The minimum absolute atomic E-state index is 0.0548. The zero-order chi connectivity index (χ0) is 21.5. The lowest BCUT2D eigenvalue weighted by atomic mass is 10.1. The van der Waals surface area contributed by atoms with E-state index in [4.69, 9.17) is 0 Å². The molecular weight excluding hydrogens is 386 g/mol. The molecule has 0 spiro atoms. The molecule has 2 heterocycles. The number of nitrogens with one attached hydrogen (secondary N) is 2. The maximum absolute atomic E-state index is 12.5. The Labute approximate surface area is 183 Å². The van der Waals surface area contributed by atoms with Gasteiger partial charge in [0.25, 0.3) is 5.91 Å². The fraction of sp³-hybridized carbons (Fsp3) is 0.320. The van der Waals surface area contributed by atoms with E-state index < -0.39 is 0 Å². The number of hydrogen-bond acceptors (Lipinski definition) is 5. The normalized spacial score (nSPS) is 13.8. The van der Waals surface area contributed by atoms with Crippen molar-refractivity contribution in [2.24, 2.45) is 0 Å². The summed E-state index contributed by atoms with van der Waals surface area (Å²) in [5.74, 6) is 0.445. The standard InChI is InChI=1S/C25H29N5O/c1-19-7-4-8-20(15-19)22-17-27-25(28-18-22)29-23-10-5-9-21(16-23)24(31)26-11-6-14-30-12-2-3-13-30/h4-5,7-10,15-18H,2-3,6,11-14H2,1H3,(H,26,31)(H,27,28,29). The predicted octanol–water partition coefficient (Wildman–Crippen LogP) is 4.41. The first-order valence-electron chi connectivity index (χ1n) is 10.9. The Balaban J connectivity index is 1.32. The van der Waals surface area contributed by atoms with E-state index in [1.54, 1.807) is 12.4 Å². The summed E-state index contributed by atoms with van der Waals surface area (Å²) >= 11 is 0. The van der Waals surface area contributed by atoms with Crippen molar-refractivity contribution in [3.8, 4) is 11.1 Å². The van der Waals surface area contributed by atoms with Gasteiger partial charge in [0.05, 0.1) is 0 Å². The van der Waals surface area contributed by atoms with Gasteiger partial charge in [0.2, 0.25) is 5.95 Å². The van der Waals surface area contributed by atoms with Crippen LogP contribution in [0.5, 0.6) is 0 Å². The van der Waals surface area contributed by atoms with Crippen LogP contribution in [0.25, 0.3) is 11.1 Å². The van der Waals surface area contributed by atoms with Crippen LogP contribution in [0.2, 0.25) is 0 Å². The zero-order valence-corrected chi connectivity index (χ0v) is 18.0. The van der Waals surface area contributed by atoms with Crippen LogP contribution in [-0.2, 0) is 0 Å². The quantitative estimate of drug-likeness (QED) is 0.533. The molecule has 1 amide bonds. The molecule has 1 aliphatic heterocycles. The lowest BCUT2D eigenvalue weighted by Gasteiger charge is -2.14. The molecule has 1 fully saturated rings. The number of likely N-dealkylation sites (tertiary alicyclic amines) is 1. The summed E-state index contributed by atoms with van der Waals surface area (Å²) < 4.78 is 0. The second kappa shape index (κ2) is 10.2. The van der Waals surface area contributed by atoms with Crippen LogP contribution >= 0.6 is 0 Å². The highest BCUT2D eigenvalue weighted by molar-refractivity contribution is 5.95. The number of anilines is 2. The highest BCUT2D eigenvalue weighted by Crippen LogP contribution is 2.20. The number of benzene rings is 2. The lowest BCUT2D eigenvalue weighted by Crippen LogP contribution is -2.28. The summed E-state index contributed by atoms with van der Waals surface area (Å²) in [6.45, 7) is 6.19. The molecule has 0 bridgehead atoms. The van der Waals surface area contributed by atoms with Crippen molar-refractivity contribution < 1.29 is 4.79 Å². The first-order valence-corrected chi connectivity index (χ1v) is 10.9. The van der Waals surface area contributed by atoms with Gasteiger partial charge in [0.1, 0.15) is 0 Å². The van der Waals surface area contributed by atoms with Gasteiger partial charge in [-0.25, -0.2) is 9.97 Å². The van der Waals surface area contributed by atoms with Gasteiger partial charge < -0.3 is 15.5 Å². The minimum atomic E-state index is -0.0548. The molecule has 0 unspecified atom stereocenters. The summed E-state index contributed by atoms with van der Waals surface area (Å²) in [5, 5.41) is 6.20. The first-order chi connectivity index (χ1) is 15.2. The third-order valence-corrected chi connectivity index (χ3v) is 5.52. The number of aromatic nitrogens is 2. The van der Waals surface area contributed by atoms with E-state index in [1.807, 2.05) is 36.4 Å². The van der Waals surface area contributed by atoms with Gasteiger partial charge in [0, 0.05) is 35.8 Å². The van der Waals surface area contributed by atoms with Gasteiger partial charge in [-0.15, -0.1) is 0 Å². The van der Waals surface area contributed by atoms with Gasteiger partial charge in [0.15, 0.2) is 0 Å². The first kappa shape index (κ1) is 21.0. The molecule has 4 rings (SSSR count). The van der Waals surface area contributed by atoms with Crippen LogP contribution in [0.4, 0.5) is 11.6 Å². The molecule has 0 atom stereocenters. The van der Waals surface area contributed by atoms with Crippen LogP contribution in [0, 0.1) is 6.92 Å². The van der Waals surface area contributed by atoms with Crippen molar-refractivity contribution in [2.75, 3.05) is 31.5 Å². The summed E-state index contributed by atoms with van der Waals surface area (Å²) in [6, 6.07) is 15.7. The highest BCUT2D eigenvalue weighted by Gasteiger charge is 2.11. The Hall–Kier alpha value is -3.25. The molecule has 0 saturated carbocycles. The lowest BCUT2D eigenvalue weighted by molar-refractivity contribution is 0.0952. The third kappa shape index (κ3) is 5.89. The summed E-state index contributed by atoms with van der Waals surface area (Å²) in [7, 11) is 0. The van der Waals surface area contributed by atoms with E-state index in [0.29, 0.717) is 18.1 Å². The number of nitrogens with zero attached hydrogens (tertiary/aromatic N) is 3. The van der Waals surface area contributed by atoms with Gasteiger partial charge in [-0.2, -0.15) is 0 Å². The molecule has 6 nitrogen and oxygen atoms in total. The van der Waals surface area contributed by atoms with Crippen molar-refractivity contribution in [3.05, 3.63) is 72.1 Å². The van der Waals surface area contributed by atoms with Crippen LogP contribution in [0.1, 0.15) is 35.2 Å². The van der Waals surface area contributed by atoms with Crippen molar-refractivity contribution in [1.82, 2.24) is 20.2 Å². The van der Waals surface area contributed by atoms with Gasteiger partial charge in [-0.05, 0) is 69.6 Å². The maximum Gasteiger partial charge on any atom is 0.251 e. The molecule has 31 heavy (non-hydrogen) atoms. The molecule has 160 valence electrons. The molecule has 1 saturated heterocycles. The van der Waals surface area contributed by atoms with Gasteiger partial charge in [-0.3, -0.25) is 4.79 Å². The fourth-order valence-electron chi connectivity index (χ4n) is 3.85. The summed E-state index contributed by atoms with van der Waals surface area (Å²) in [6.07, 6.45) is 7.18. The second-order valence-electron chi connectivity index (χ2n) is 8.03. The van der Waals surface area contributed by atoms with E-state index >= 15 is 0 Å². The van der Waals surface area contributed by atoms with E-state index in [9.17, 15) is 4.79 Å². The fourth-order valence-corrected chi connectivity index (χ4v) is 3.85. The Kier molecular flexibility index (Phi) is 6.89. The Bertz CT molecular complexity index is 1010. The number of rotatable bonds is 8. The van der Waals surface area contributed by atoms with Crippen LogP contribution < -0.4 is 10.6 Å². The Morgan fingerprint density at radius 3 is 2.55 bits per heavy atom. The third-order valence-electron chi connectivity index (χ3n) is 5.52. The van der Waals surface area contributed by atoms with Crippen LogP contribution in [0.3, 0.4) is 0 Å². The number of aryl methyl sites for hydroxylation is 1. The molecule has 1 aliphatic rings. The van der Waals surface area contributed by atoms with Crippen molar-refractivity contribution >= 4 is 17.5 Å². The number of carbonyl (C=O) groups is 1. The molecule has 0 radical (unpaired) electrons. The molecule has 1 aromatic heterocycles.